The molecule has 0 amide bonds. The van der Waals surface area contributed by atoms with Crippen molar-refractivity contribution in [1.29, 1.82) is 0 Å². The van der Waals surface area contributed by atoms with Crippen molar-refractivity contribution < 1.29 is 0 Å². The van der Waals surface area contributed by atoms with E-state index in [1.165, 1.54) is 18.7 Å². The monoisotopic (exact) mass is 214 g/mol. The average Bonchev–Trinajstić information content (AvgIpc) is 2.15. The third-order valence-electron chi connectivity index (χ3n) is 2.50. The van der Waals surface area contributed by atoms with E-state index in [0.29, 0.717) is 0 Å². The number of hydrogen-bond acceptors (Lipinski definition) is 2. The molecule has 0 bridgehead atoms. The van der Waals surface area contributed by atoms with E-state index in [0.717, 1.165) is 24.3 Å². The molecule has 1 aliphatic rings. The highest BCUT2D eigenvalue weighted by atomic mass is 31.1. The van der Waals surface area contributed by atoms with Crippen LogP contribution in [0.3, 0.4) is 0 Å². The maximum Gasteiger partial charge on any atom is 0.0995 e. The Labute approximate surface area is 89.4 Å². The van der Waals surface area contributed by atoms with Crippen LogP contribution in [0.2, 0.25) is 0 Å². The lowest BCUT2D eigenvalue weighted by molar-refractivity contribution is 0.728. The number of amidine groups is 1. The average molecular weight is 214 g/mol. The minimum Gasteiger partial charge on any atom is -0.352 e. The van der Waals surface area contributed by atoms with Crippen molar-refractivity contribution in [3.8, 4) is 0 Å². The van der Waals surface area contributed by atoms with Crippen molar-refractivity contribution in [2.75, 3.05) is 6.54 Å². The Morgan fingerprint density at radius 3 is 2.21 bits per heavy atom. The van der Waals surface area contributed by atoms with Crippen LogP contribution in [-0.2, 0) is 0 Å². The molecule has 0 spiro atoms. The molecule has 3 heteroatoms. The molecule has 1 heterocycles. The van der Waals surface area contributed by atoms with Gasteiger partial charge >= 0.3 is 0 Å². The van der Waals surface area contributed by atoms with Gasteiger partial charge in [0.2, 0.25) is 0 Å². The minimum absolute atomic E-state index is 0.0823. The molecule has 0 fully saturated rings. The number of nitrogens with zero attached hydrogens (tertiary/aromatic N) is 1. The zero-order valence-electron chi connectivity index (χ0n) is 9.88. The zero-order chi connectivity index (χ0) is 10.6. The maximum atomic E-state index is 4.56. The lowest BCUT2D eigenvalue weighted by atomic mass is 10.2. The van der Waals surface area contributed by atoms with E-state index >= 15 is 0 Å². The van der Waals surface area contributed by atoms with E-state index < -0.39 is 0 Å². The van der Waals surface area contributed by atoms with Crippen LogP contribution in [0.4, 0.5) is 0 Å². The van der Waals surface area contributed by atoms with Gasteiger partial charge in [-0.05, 0) is 32.2 Å². The fourth-order valence-corrected chi connectivity index (χ4v) is 3.98. The van der Waals surface area contributed by atoms with Crippen molar-refractivity contribution >= 4 is 13.9 Å². The maximum absolute atomic E-state index is 4.56. The smallest absolute Gasteiger partial charge is 0.0995 e. The van der Waals surface area contributed by atoms with Gasteiger partial charge in [0.15, 0.2) is 0 Å². The SMILES string of the molecule is CC(C)P(NC1=NCCCC1)C(C)C. The third kappa shape index (κ3) is 3.57. The van der Waals surface area contributed by atoms with Crippen molar-refractivity contribution in [3.05, 3.63) is 0 Å². The van der Waals surface area contributed by atoms with Crippen LogP contribution in [0.15, 0.2) is 4.99 Å². The molecule has 0 aromatic rings. The van der Waals surface area contributed by atoms with Crippen LogP contribution in [-0.4, -0.2) is 23.7 Å². The number of aliphatic imine (C=N–C) groups is 1. The van der Waals surface area contributed by atoms with Crippen molar-refractivity contribution in [3.63, 3.8) is 0 Å². The minimum atomic E-state index is -0.0823. The summed E-state index contributed by atoms with van der Waals surface area (Å²) in [5.74, 6) is 1.27. The fraction of sp³-hybridized carbons (Fsp3) is 0.909. The third-order valence-corrected chi connectivity index (χ3v) is 5.24. The summed E-state index contributed by atoms with van der Waals surface area (Å²) in [6.07, 6.45) is 3.75. The van der Waals surface area contributed by atoms with Crippen molar-refractivity contribution in [1.82, 2.24) is 5.09 Å². The molecule has 82 valence electrons. The number of nitrogens with one attached hydrogen (secondary N) is 1. The molecule has 1 aliphatic heterocycles. The first-order valence-electron chi connectivity index (χ1n) is 5.69. The van der Waals surface area contributed by atoms with Crippen LogP contribution < -0.4 is 5.09 Å². The van der Waals surface area contributed by atoms with Gasteiger partial charge in [0.25, 0.3) is 0 Å². The molecular weight excluding hydrogens is 191 g/mol. The molecule has 0 saturated carbocycles. The second kappa shape index (κ2) is 5.70. The Hall–Kier alpha value is -0.100. The highest BCUT2D eigenvalue weighted by Crippen LogP contribution is 2.41. The molecule has 0 unspecified atom stereocenters. The highest BCUT2D eigenvalue weighted by Gasteiger charge is 2.18. The lowest BCUT2D eigenvalue weighted by Gasteiger charge is -2.29. The van der Waals surface area contributed by atoms with Gasteiger partial charge in [-0.1, -0.05) is 27.7 Å². The van der Waals surface area contributed by atoms with Crippen LogP contribution in [0.5, 0.6) is 0 Å². The molecule has 1 N–H and O–H groups in total. The summed E-state index contributed by atoms with van der Waals surface area (Å²) in [5.41, 5.74) is 1.49. The van der Waals surface area contributed by atoms with E-state index in [4.69, 9.17) is 0 Å². The lowest BCUT2D eigenvalue weighted by Crippen LogP contribution is -2.27. The van der Waals surface area contributed by atoms with Crippen LogP contribution in [0, 0.1) is 0 Å². The number of rotatable bonds is 3. The summed E-state index contributed by atoms with van der Waals surface area (Å²) < 4.78 is 0. The highest BCUT2D eigenvalue weighted by molar-refractivity contribution is 7.57. The first kappa shape index (κ1) is 12.0. The number of hydrogen-bond donors (Lipinski definition) is 1. The molecule has 0 atom stereocenters. The Bertz CT molecular complexity index is 191. The van der Waals surface area contributed by atoms with Crippen LogP contribution >= 0.6 is 8.07 Å². The summed E-state index contributed by atoms with van der Waals surface area (Å²) in [5, 5.41) is 3.67. The topological polar surface area (TPSA) is 24.4 Å². The van der Waals surface area contributed by atoms with Crippen molar-refractivity contribution in [2.24, 2.45) is 4.99 Å². The van der Waals surface area contributed by atoms with Gasteiger partial charge in [-0.2, -0.15) is 0 Å². The molecule has 1 rings (SSSR count). The molecule has 0 saturated heterocycles. The molecule has 0 aromatic carbocycles. The van der Waals surface area contributed by atoms with E-state index in [1.54, 1.807) is 0 Å². The summed E-state index contributed by atoms with van der Waals surface area (Å²) in [4.78, 5) is 4.56. The van der Waals surface area contributed by atoms with E-state index in [-0.39, 0.29) is 8.07 Å². The molecule has 0 radical (unpaired) electrons. The first-order valence-corrected chi connectivity index (χ1v) is 7.17. The Balaban J connectivity index is 2.50. The van der Waals surface area contributed by atoms with Gasteiger partial charge in [0.05, 0.1) is 5.84 Å². The predicted molar refractivity (Wildman–Crippen MR) is 66.5 cm³/mol. The van der Waals surface area contributed by atoms with Crippen LogP contribution in [0.25, 0.3) is 0 Å². The molecule has 14 heavy (non-hydrogen) atoms. The van der Waals surface area contributed by atoms with Crippen molar-refractivity contribution in [2.45, 2.75) is 58.3 Å². The van der Waals surface area contributed by atoms with E-state index in [1.807, 2.05) is 0 Å². The largest absolute Gasteiger partial charge is 0.352 e. The summed E-state index contributed by atoms with van der Waals surface area (Å²) in [6.45, 7) is 10.3. The van der Waals surface area contributed by atoms with Gasteiger partial charge in [-0.3, -0.25) is 4.99 Å². The van der Waals surface area contributed by atoms with Crippen LogP contribution in [0.1, 0.15) is 47.0 Å². The summed E-state index contributed by atoms with van der Waals surface area (Å²) in [6, 6.07) is 0. The predicted octanol–water partition coefficient (Wildman–Crippen LogP) is 3.37. The fourth-order valence-electron chi connectivity index (χ4n) is 1.79. The van der Waals surface area contributed by atoms with E-state index in [9.17, 15) is 0 Å². The normalized spacial score (nSPS) is 17.8. The van der Waals surface area contributed by atoms with Gasteiger partial charge in [-0.15, -0.1) is 0 Å². The Morgan fingerprint density at radius 2 is 1.79 bits per heavy atom. The Morgan fingerprint density at radius 1 is 1.14 bits per heavy atom. The van der Waals surface area contributed by atoms with Gasteiger partial charge in [-0.25, -0.2) is 0 Å². The zero-order valence-corrected chi connectivity index (χ0v) is 10.8. The van der Waals surface area contributed by atoms with E-state index in [2.05, 4.69) is 37.8 Å². The Kier molecular flexibility index (Phi) is 4.88. The van der Waals surface area contributed by atoms with Gasteiger partial charge < -0.3 is 5.09 Å². The first-order chi connectivity index (χ1) is 6.61. The second-order valence-corrected chi connectivity index (χ2v) is 7.60. The van der Waals surface area contributed by atoms with Gasteiger partial charge in [0.1, 0.15) is 0 Å². The van der Waals surface area contributed by atoms with Gasteiger partial charge in [0, 0.05) is 13.0 Å². The summed E-state index contributed by atoms with van der Waals surface area (Å²) in [7, 11) is -0.0823. The molecule has 0 aromatic heterocycles. The molecule has 0 aliphatic carbocycles. The molecular formula is C11H23N2P. The standard InChI is InChI=1S/C11H23N2P/c1-9(2)14(10(3)4)13-11-7-5-6-8-12-11/h9-10H,5-8H2,1-4H3,(H,12,13). The summed E-state index contributed by atoms with van der Waals surface area (Å²) >= 11 is 0. The molecule has 2 nitrogen and oxygen atoms in total. The quantitative estimate of drug-likeness (QED) is 0.716. The second-order valence-electron chi connectivity index (χ2n) is 4.49.